The minimum Gasteiger partial charge on any atom is -0.481 e. The number of amides is 1. The zero-order valence-electron chi connectivity index (χ0n) is 10.2. The van der Waals surface area contributed by atoms with Crippen molar-refractivity contribution in [2.24, 2.45) is 11.3 Å². The summed E-state index contributed by atoms with van der Waals surface area (Å²) in [5.41, 5.74) is -0.450. The van der Waals surface area contributed by atoms with E-state index in [-0.39, 0.29) is 12.5 Å². The second-order valence-electron chi connectivity index (χ2n) is 4.83. The average Bonchev–Trinajstić information content (AvgIpc) is 2.10. The fourth-order valence-corrected chi connectivity index (χ4v) is 1.24. The van der Waals surface area contributed by atoms with Crippen molar-refractivity contribution in [2.75, 3.05) is 13.1 Å². The predicted octanol–water partition coefficient (Wildman–Crippen LogP) is 1.60. The van der Waals surface area contributed by atoms with E-state index < -0.39 is 17.3 Å². The van der Waals surface area contributed by atoms with Crippen LogP contribution in [0.4, 0.5) is 0 Å². The van der Waals surface area contributed by atoms with Crippen LogP contribution in [0.1, 0.15) is 34.6 Å². The number of hydrogen-bond acceptors (Lipinski definition) is 2. The molecule has 15 heavy (non-hydrogen) atoms. The summed E-state index contributed by atoms with van der Waals surface area (Å²) in [6.07, 6.45) is 0. The van der Waals surface area contributed by atoms with E-state index in [1.807, 2.05) is 27.7 Å². The molecule has 0 saturated carbocycles. The molecule has 0 aromatic heterocycles. The molecule has 0 aliphatic carbocycles. The first-order valence-electron chi connectivity index (χ1n) is 5.22. The lowest BCUT2D eigenvalue weighted by Crippen LogP contribution is -2.42. The molecule has 4 heteroatoms. The maximum absolute atomic E-state index is 11.9. The molecule has 0 saturated heterocycles. The Hall–Kier alpha value is -1.06. The Labute approximate surface area is 91.3 Å². The minimum absolute atomic E-state index is 0.00176. The lowest BCUT2D eigenvalue weighted by atomic mass is 9.94. The first-order valence-corrected chi connectivity index (χ1v) is 5.22. The monoisotopic (exact) mass is 215 g/mol. The van der Waals surface area contributed by atoms with Crippen molar-refractivity contribution in [3.05, 3.63) is 0 Å². The standard InChI is InChI=1S/C11H21NO3/c1-6-12(7-8(2)9(13)14)10(15)11(3,4)5/h8H,6-7H2,1-5H3,(H,13,14). The first-order chi connectivity index (χ1) is 6.70. The van der Waals surface area contributed by atoms with Crippen molar-refractivity contribution in [2.45, 2.75) is 34.6 Å². The average molecular weight is 215 g/mol. The number of carboxylic acid groups (broad SMARTS) is 1. The highest BCUT2D eigenvalue weighted by molar-refractivity contribution is 5.82. The van der Waals surface area contributed by atoms with Crippen molar-refractivity contribution >= 4 is 11.9 Å². The molecule has 88 valence electrons. The van der Waals surface area contributed by atoms with Gasteiger partial charge in [0.25, 0.3) is 0 Å². The summed E-state index contributed by atoms with van der Waals surface area (Å²) < 4.78 is 0. The van der Waals surface area contributed by atoms with E-state index in [0.717, 1.165) is 0 Å². The van der Waals surface area contributed by atoms with Gasteiger partial charge in [-0.3, -0.25) is 9.59 Å². The van der Waals surface area contributed by atoms with Gasteiger partial charge in [-0.15, -0.1) is 0 Å². The number of carbonyl (C=O) groups is 2. The zero-order valence-corrected chi connectivity index (χ0v) is 10.2. The number of nitrogens with zero attached hydrogens (tertiary/aromatic N) is 1. The molecule has 4 nitrogen and oxygen atoms in total. The van der Waals surface area contributed by atoms with Gasteiger partial charge >= 0.3 is 5.97 Å². The lowest BCUT2D eigenvalue weighted by molar-refractivity contribution is -0.145. The fraction of sp³-hybridized carbons (Fsp3) is 0.818. The second kappa shape index (κ2) is 5.14. The third-order valence-electron chi connectivity index (χ3n) is 2.23. The summed E-state index contributed by atoms with van der Waals surface area (Å²) in [5, 5.41) is 8.77. The molecule has 0 fully saturated rings. The normalized spacial score (nSPS) is 13.4. The van der Waals surface area contributed by atoms with Crippen molar-refractivity contribution in [3.63, 3.8) is 0 Å². The molecule has 1 amide bonds. The van der Waals surface area contributed by atoms with Crippen LogP contribution >= 0.6 is 0 Å². The largest absolute Gasteiger partial charge is 0.481 e. The number of rotatable bonds is 4. The zero-order chi connectivity index (χ0) is 12.2. The van der Waals surface area contributed by atoms with E-state index in [2.05, 4.69) is 0 Å². The topological polar surface area (TPSA) is 57.6 Å². The highest BCUT2D eigenvalue weighted by Crippen LogP contribution is 2.18. The van der Waals surface area contributed by atoms with E-state index >= 15 is 0 Å². The maximum Gasteiger partial charge on any atom is 0.308 e. The van der Waals surface area contributed by atoms with Crippen molar-refractivity contribution < 1.29 is 14.7 Å². The minimum atomic E-state index is -0.866. The molecule has 0 spiro atoms. The van der Waals surface area contributed by atoms with Gasteiger partial charge in [0, 0.05) is 18.5 Å². The lowest BCUT2D eigenvalue weighted by Gasteiger charge is -2.29. The van der Waals surface area contributed by atoms with E-state index in [4.69, 9.17) is 5.11 Å². The molecule has 0 aromatic rings. The molecular formula is C11H21NO3. The van der Waals surface area contributed by atoms with Crippen molar-refractivity contribution in [1.82, 2.24) is 4.90 Å². The molecule has 0 rings (SSSR count). The first kappa shape index (κ1) is 13.9. The molecule has 1 atom stereocenters. The quantitative estimate of drug-likeness (QED) is 0.775. The predicted molar refractivity (Wildman–Crippen MR) is 58.5 cm³/mol. The Morgan fingerprint density at radius 1 is 1.33 bits per heavy atom. The molecule has 0 aliphatic heterocycles. The summed E-state index contributed by atoms with van der Waals surface area (Å²) in [5.74, 6) is -1.38. The number of carboxylic acids is 1. The van der Waals surface area contributed by atoms with Crippen LogP contribution in [0.5, 0.6) is 0 Å². The second-order valence-corrected chi connectivity index (χ2v) is 4.83. The molecule has 1 N–H and O–H groups in total. The summed E-state index contributed by atoms with van der Waals surface area (Å²) in [6.45, 7) is 9.81. The van der Waals surface area contributed by atoms with E-state index in [1.165, 1.54) is 0 Å². The van der Waals surface area contributed by atoms with Crippen LogP contribution in [-0.2, 0) is 9.59 Å². The maximum atomic E-state index is 11.9. The van der Waals surface area contributed by atoms with E-state index in [9.17, 15) is 9.59 Å². The third-order valence-corrected chi connectivity index (χ3v) is 2.23. The van der Waals surface area contributed by atoms with Crippen LogP contribution in [0.2, 0.25) is 0 Å². The van der Waals surface area contributed by atoms with Gasteiger partial charge in [-0.2, -0.15) is 0 Å². The molecule has 1 unspecified atom stereocenters. The smallest absolute Gasteiger partial charge is 0.308 e. The number of carbonyl (C=O) groups excluding carboxylic acids is 1. The van der Waals surface area contributed by atoms with E-state index in [0.29, 0.717) is 6.54 Å². The SMILES string of the molecule is CCN(CC(C)C(=O)O)C(=O)C(C)(C)C. The molecule has 0 aromatic carbocycles. The molecule has 0 aliphatic rings. The Morgan fingerprint density at radius 3 is 2.07 bits per heavy atom. The van der Waals surface area contributed by atoms with Crippen molar-refractivity contribution in [3.8, 4) is 0 Å². The highest BCUT2D eigenvalue weighted by Gasteiger charge is 2.28. The number of aliphatic carboxylic acids is 1. The van der Waals surface area contributed by atoms with Crippen LogP contribution in [0, 0.1) is 11.3 Å². The van der Waals surface area contributed by atoms with Crippen LogP contribution in [0.3, 0.4) is 0 Å². The van der Waals surface area contributed by atoms with Crippen LogP contribution in [0.25, 0.3) is 0 Å². The van der Waals surface area contributed by atoms with Gasteiger partial charge in [-0.1, -0.05) is 27.7 Å². The summed E-state index contributed by atoms with van der Waals surface area (Å²) in [4.78, 5) is 24.2. The third kappa shape index (κ3) is 4.32. The Kier molecular flexibility index (Phi) is 4.78. The molecule has 0 radical (unpaired) electrons. The van der Waals surface area contributed by atoms with Gasteiger partial charge in [0.15, 0.2) is 0 Å². The number of hydrogen-bond donors (Lipinski definition) is 1. The van der Waals surface area contributed by atoms with Gasteiger partial charge in [0.1, 0.15) is 0 Å². The van der Waals surface area contributed by atoms with E-state index in [1.54, 1.807) is 11.8 Å². The molecule has 0 heterocycles. The molecular weight excluding hydrogens is 194 g/mol. The summed E-state index contributed by atoms with van der Waals surface area (Å²) in [6, 6.07) is 0. The van der Waals surface area contributed by atoms with Crippen LogP contribution in [0.15, 0.2) is 0 Å². The Morgan fingerprint density at radius 2 is 1.80 bits per heavy atom. The molecule has 0 bridgehead atoms. The fourth-order valence-electron chi connectivity index (χ4n) is 1.24. The van der Waals surface area contributed by atoms with Gasteiger partial charge in [-0.25, -0.2) is 0 Å². The summed E-state index contributed by atoms with van der Waals surface area (Å²) in [7, 11) is 0. The van der Waals surface area contributed by atoms with Gasteiger partial charge in [0.05, 0.1) is 5.92 Å². The van der Waals surface area contributed by atoms with Crippen molar-refractivity contribution in [1.29, 1.82) is 0 Å². The van der Waals surface area contributed by atoms with Gasteiger partial charge in [0.2, 0.25) is 5.91 Å². The van der Waals surface area contributed by atoms with Gasteiger partial charge < -0.3 is 10.0 Å². The highest BCUT2D eigenvalue weighted by atomic mass is 16.4. The Balaban J connectivity index is 4.51. The van der Waals surface area contributed by atoms with Gasteiger partial charge in [-0.05, 0) is 6.92 Å². The Bertz CT molecular complexity index is 243. The summed E-state index contributed by atoms with van der Waals surface area (Å²) >= 11 is 0. The van der Waals surface area contributed by atoms with Crippen LogP contribution < -0.4 is 0 Å². The van der Waals surface area contributed by atoms with Crippen LogP contribution in [-0.4, -0.2) is 35.0 Å².